The topological polar surface area (TPSA) is 54.4 Å². The lowest BCUT2D eigenvalue weighted by Crippen LogP contribution is -1.99. The fourth-order valence-corrected chi connectivity index (χ4v) is 5.26. The largest absolute Gasteiger partial charge is 0.285 e. The summed E-state index contributed by atoms with van der Waals surface area (Å²) >= 11 is 0. The summed E-state index contributed by atoms with van der Waals surface area (Å²) in [6, 6.07) is 0. The highest BCUT2D eigenvalue weighted by atomic mass is 32.2. The molecule has 0 amide bonds. The van der Waals surface area contributed by atoms with Crippen molar-refractivity contribution in [3.8, 4) is 0 Å². The quantitative estimate of drug-likeness (QED) is 0.0613. The van der Waals surface area contributed by atoms with Crippen molar-refractivity contribution in [3.05, 3.63) is 12.2 Å². The lowest BCUT2D eigenvalue weighted by Gasteiger charge is -2.04. The van der Waals surface area contributed by atoms with E-state index in [1.807, 2.05) is 6.08 Å². The Morgan fingerprint density at radius 1 is 0.429 bits per heavy atom. The van der Waals surface area contributed by atoms with Crippen LogP contribution in [0.2, 0.25) is 0 Å². The summed E-state index contributed by atoms with van der Waals surface area (Å²) < 4.78 is 29.8. The lowest BCUT2D eigenvalue weighted by molar-refractivity contribution is 0.486. The van der Waals surface area contributed by atoms with Gasteiger partial charge in [-0.05, 0) is 12.8 Å². The smallest absolute Gasteiger partial charge is 0.268 e. The molecular formula is C31H62O3S. The molecule has 210 valence electrons. The van der Waals surface area contributed by atoms with Crippen LogP contribution in [0.5, 0.6) is 0 Å². The van der Waals surface area contributed by atoms with Crippen LogP contribution >= 0.6 is 0 Å². The highest BCUT2D eigenvalue weighted by Crippen LogP contribution is 2.16. The van der Waals surface area contributed by atoms with Gasteiger partial charge in [-0.3, -0.25) is 4.55 Å². The zero-order valence-electron chi connectivity index (χ0n) is 23.6. The summed E-state index contributed by atoms with van der Waals surface area (Å²) in [7, 11) is -3.84. The van der Waals surface area contributed by atoms with Crippen LogP contribution in [0.3, 0.4) is 0 Å². The third kappa shape index (κ3) is 33.6. The van der Waals surface area contributed by atoms with Gasteiger partial charge >= 0.3 is 0 Å². The Kier molecular flexibility index (Phi) is 27.9. The summed E-state index contributed by atoms with van der Waals surface area (Å²) in [4.78, 5) is 0. The van der Waals surface area contributed by atoms with E-state index >= 15 is 0 Å². The second-order valence-electron chi connectivity index (χ2n) is 10.8. The summed E-state index contributed by atoms with van der Waals surface area (Å²) in [5.74, 6) is -0.257. The molecule has 0 aromatic carbocycles. The Bertz CT molecular complexity index is 527. The van der Waals surface area contributed by atoms with E-state index < -0.39 is 10.1 Å². The van der Waals surface area contributed by atoms with Crippen molar-refractivity contribution in [2.45, 2.75) is 180 Å². The molecule has 0 aromatic rings. The van der Waals surface area contributed by atoms with Crippen molar-refractivity contribution >= 4 is 10.1 Å². The number of allylic oxidation sites excluding steroid dienone is 1. The van der Waals surface area contributed by atoms with Crippen LogP contribution in [0.25, 0.3) is 0 Å². The first-order valence-electron chi connectivity index (χ1n) is 15.7. The highest BCUT2D eigenvalue weighted by molar-refractivity contribution is 7.85. The molecule has 0 radical (unpaired) electrons. The Morgan fingerprint density at radius 3 is 0.943 bits per heavy atom. The van der Waals surface area contributed by atoms with Crippen LogP contribution in [0.1, 0.15) is 180 Å². The van der Waals surface area contributed by atoms with Crippen LogP contribution < -0.4 is 0 Å². The molecule has 0 aliphatic carbocycles. The Hall–Kier alpha value is -0.350. The van der Waals surface area contributed by atoms with Gasteiger partial charge in [-0.2, -0.15) is 8.42 Å². The van der Waals surface area contributed by atoms with Crippen LogP contribution in [-0.4, -0.2) is 18.7 Å². The summed E-state index contributed by atoms with van der Waals surface area (Å²) in [5, 5.41) is 0. The molecule has 0 heterocycles. The SMILES string of the molecule is CCCCCCCCCCCCCCCCCCCCCCCCCCCC/C=C/CS(=O)(=O)O. The molecule has 0 aliphatic rings. The molecule has 0 rings (SSSR count). The molecule has 35 heavy (non-hydrogen) atoms. The number of rotatable bonds is 29. The molecule has 4 heteroatoms. The van der Waals surface area contributed by atoms with Crippen LogP contribution in [0, 0.1) is 0 Å². The average Bonchev–Trinajstić information content (AvgIpc) is 2.82. The Labute approximate surface area is 221 Å². The van der Waals surface area contributed by atoms with E-state index in [-0.39, 0.29) is 5.75 Å². The van der Waals surface area contributed by atoms with Crippen molar-refractivity contribution in [3.63, 3.8) is 0 Å². The van der Waals surface area contributed by atoms with Gasteiger partial charge < -0.3 is 0 Å². The first-order valence-corrected chi connectivity index (χ1v) is 17.3. The average molecular weight is 515 g/mol. The normalized spacial score (nSPS) is 12.2. The maximum Gasteiger partial charge on any atom is 0.268 e. The summed E-state index contributed by atoms with van der Waals surface area (Å²) in [6.07, 6.45) is 40.9. The molecule has 0 aliphatic heterocycles. The van der Waals surface area contributed by atoms with E-state index in [4.69, 9.17) is 4.55 Å². The molecule has 0 aromatic heterocycles. The zero-order valence-corrected chi connectivity index (χ0v) is 24.4. The minimum atomic E-state index is -3.84. The van der Waals surface area contributed by atoms with E-state index in [0.29, 0.717) is 0 Å². The van der Waals surface area contributed by atoms with Crippen molar-refractivity contribution in [2.75, 3.05) is 5.75 Å². The summed E-state index contributed by atoms with van der Waals surface area (Å²) in [5.41, 5.74) is 0. The monoisotopic (exact) mass is 514 g/mol. The van der Waals surface area contributed by atoms with Crippen molar-refractivity contribution in [2.24, 2.45) is 0 Å². The molecule has 0 atom stereocenters. The third-order valence-electron chi connectivity index (χ3n) is 7.20. The summed E-state index contributed by atoms with van der Waals surface area (Å²) in [6.45, 7) is 2.29. The fraction of sp³-hybridized carbons (Fsp3) is 0.935. The van der Waals surface area contributed by atoms with E-state index in [2.05, 4.69) is 6.92 Å². The minimum absolute atomic E-state index is 0.257. The van der Waals surface area contributed by atoms with Crippen molar-refractivity contribution in [1.29, 1.82) is 0 Å². The van der Waals surface area contributed by atoms with Gasteiger partial charge in [-0.15, -0.1) is 0 Å². The predicted molar refractivity (Wildman–Crippen MR) is 156 cm³/mol. The second-order valence-corrected chi connectivity index (χ2v) is 12.3. The maximum atomic E-state index is 10.6. The van der Waals surface area contributed by atoms with Crippen LogP contribution in [-0.2, 0) is 10.1 Å². The first kappa shape index (κ1) is 34.6. The number of hydrogen-bond donors (Lipinski definition) is 1. The van der Waals surface area contributed by atoms with Gasteiger partial charge in [-0.25, -0.2) is 0 Å². The van der Waals surface area contributed by atoms with E-state index in [0.717, 1.165) is 12.8 Å². The lowest BCUT2D eigenvalue weighted by atomic mass is 10.0. The van der Waals surface area contributed by atoms with Crippen LogP contribution in [0.15, 0.2) is 12.2 Å². The van der Waals surface area contributed by atoms with Gasteiger partial charge in [-0.1, -0.05) is 180 Å². The molecule has 0 saturated heterocycles. The van der Waals surface area contributed by atoms with Gasteiger partial charge in [0.05, 0.1) is 5.75 Å². The standard InChI is InChI=1S/C31H62O3S/c1-2-3-4-5-6-7-8-9-10-11-12-13-14-15-16-17-18-19-20-21-22-23-24-25-26-27-28-29-30-31-35(32,33)34/h29-30H,2-28,31H2,1H3,(H,32,33,34)/b30-29+. The molecule has 3 nitrogen and oxygen atoms in total. The molecule has 0 bridgehead atoms. The number of unbranched alkanes of at least 4 members (excludes halogenated alkanes) is 26. The highest BCUT2D eigenvalue weighted by Gasteiger charge is 1.98. The minimum Gasteiger partial charge on any atom is -0.285 e. The second kappa shape index (κ2) is 28.2. The van der Waals surface area contributed by atoms with E-state index in [1.165, 1.54) is 161 Å². The predicted octanol–water partition coefficient (Wildman–Crippen LogP) is 11.0. The maximum absolute atomic E-state index is 10.6. The van der Waals surface area contributed by atoms with Crippen molar-refractivity contribution < 1.29 is 13.0 Å². The van der Waals surface area contributed by atoms with E-state index in [1.54, 1.807) is 6.08 Å². The van der Waals surface area contributed by atoms with Gasteiger partial charge in [0.25, 0.3) is 10.1 Å². The Morgan fingerprint density at radius 2 is 0.686 bits per heavy atom. The number of hydrogen-bond acceptors (Lipinski definition) is 2. The first-order chi connectivity index (χ1) is 17.1. The fourth-order valence-electron chi connectivity index (χ4n) is 4.89. The third-order valence-corrected chi connectivity index (χ3v) is 7.81. The van der Waals surface area contributed by atoms with Crippen LogP contribution in [0.4, 0.5) is 0 Å². The molecule has 0 unspecified atom stereocenters. The van der Waals surface area contributed by atoms with Gasteiger partial charge in [0.1, 0.15) is 0 Å². The van der Waals surface area contributed by atoms with Gasteiger partial charge in [0.2, 0.25) is 0 Å². The van der Waals surface area contributed by atoms with Gasteiger partial charge in [0, 0.05) is 0 Å². The zero-order chi connectivity index (χ0) is 25.7. The Balaban J connectivity index is 3.08. The van der Waals surface area contributed by atoms with Gasteiger partial charge in [0.15, 0.2) is 0 Å². The molecule has 0 saturated carbocycles. The molecule has 0 fully saturated rings. The molecular weight excluding hydrogens is 452 g/mol. The van der Waals surface area contributed by atoms with E-state index in [9.17, 15) is 8.42 Å². The van der Waals surface area contributed by atoms with Crippen molar-refractivity contribution in [1.82, 2.24) is 0 Å². The molecule has 1 N–H and O–H groups in total. The molecule has 0 spiro atoms.